The Morgan fingerprint density at radius 2 is 1.87 bits per heavy atom. The Kier molecular flexibility index (Phi) is 5.48. The maximum absolute atomic E-state index is 12.2. The van der Waals surface area contributed by atoms with Crippen molar-refractivity contribution < 1.29 is 9.53 Å². The quantitative estimate of drug-likeness (QED) is 0.644. The molecule has 1 saturated heterocycles. The van der Waals surface area contributed by atoms with E-state index in [-0.39, 0.29) is 12.5 Å². The average molecular weight is 423 g/mol. The Labute approximate surface area is 182 Å². The van der Waals surface area contributed by atoms with E-state index in [0.717, 1.165) is 54.3 Å². The Bertz CT molecular complexity index is 1100. The number of carbonyl (C=O) groups excluding carboxylic acids is 1. The van der Waals surface area contributed by atoms with Gasteiger partial charge in [-0.1, -0.05) is 30.9 Å². The van der Waals surface area contributed by atoms with Gasteiger partial charge < -0.3 is 14.5 Å². The van der Waals surface area contributed by atoms with Crippen LogP contribution in [0.15, 0.2) is 18.2 Å². The van der Waals surface area contributed by atoms with E-state index in [0.29, 0.717) is 19.0 Å². The number of piperazine rings is 1. The van der Waals surface area contributed by atoms with Gasteiger partial charge in [0, 0.05) is 44.6 Å². The van der Waals surface area contributed by atoms with Crippen LogP contribution >= 0.6 is 0 Å². The van der Waals surface area contributed by atoms with E-state index in [2.05, 4.69) is 44.6 Å². The minimum absolute atomic E-state index is 0.0430. The number of aromatic nitrogens is 4. The summed E-state index contributed by atoms with van der Waals surface area (Å²) in [7, 11) is 1.56. The zero-order chi connectivity index (χ0) is 21.4. The van der Waals surface area contributed by atoms with Crippen molar-refractivity contribution in [2.45, 2.75) is 44.9 Å². The summed E-state index contributed by atoms with van der Waals surface area (Å²) in [6.45, 7) is 5.03. The number of rotatable bonds is 4. The summed E-state index contributed by atoms with van der Waals surface area (Å²) in [6, 6.07) is 6.32. The Morgan fingerprint density at radius 3 is 2.61 bits per heavy atom. The molecular formula is C23H30N6O2. The van der Waals surface area contributed by atoms with Gasteiger partial charge >= 0.3 is 0 Å². The first-order valence-electron chi connectivity index (χ1n) is 11.3. The van der Waals surface area contributed by atoms with Crippen LogP contribution in [0.25, 0.3) is 16.6 Å². The number of aryl methyl sites for hydroxylation is 1. The summed E-state index contributed by atoms with van der Waals surface area (Å²) in [5, 5.41) is 10.4. The van der Waals surface area contributed by atoms with Crippen LogP contribution in [-0.4, -0.2) is 70.3 Å². The van der Waals surface area contributed by atoms with Crippen molar-refractivity contribution in [3.05, 3.63) is 29.6 Å². The second-order valence-corrected chi connectivity index (χ2v) is 8.79. The number of amides is 1. The monoisotopic (exact) mass is 422 g/mol. The normalized spacial score (nSPS) is 18.3. The van der Waals surface area contributed by atoms with Crippen LogP contribution in [0, 0.1) is 6.92 Å². The standard InChI is InChI=1S/C23H30N6O2/c1-16-8-9-19-18(14-16)22-26-25-21(17-6-4-3-5-7-17)29(22)23(24-19)28-12-10-27(11-13-28)20(30)15-31-2/h8-9,14,17H,3-7,10-13,15H2,1-2H3. The third-order valence-corrected chi connectivity index (χ3v) is 6.65. The van der Waals surface area contributed by atoms with Gasteiger partial charge in [0.05, 0.1) is 5.52 Å². The maximum Gasteiger partial charge on any atom is 0.248 e. The lowest BCUT2D eigenvalue weighted by Gasteiger charge is -2.35. The molecule has 8 heteroatoms. The molecule has 0 N–H and O–H groups in total. The van der Waals surface area contributed by atoms with Gasteiger partial charge in [-0.25, -0.2) is 9.38 Å². The third kappa shape index (κ3) is 3.73. The number of ether oxygens (including phenoxy) is 1. The van der Waals surface area contributed by atoms with Crippen molar-refractivity contribution in [2.24, 2.45) is 0 Å². The van der Waals surface area contributed by atoms with Crippen LogP contribution < -0.4 is 4.90 Å². The lowest BCUT2D eigenvalue weighted by molar-refractivity contribution is -0.135. The molecule has 0 bridgehead atoms. The molecule has 3 aromatic rings. The lowest BCUT2D eigenvalue weighted by atomic mass is 9.89. The van der Waals surface area contributed by atoms with Crippen LogP contribution in [0.1, 0.15) is 49.4 Å². The average Bonchev–Trinajstić information content (AvgIpc) is 3.25. The lowest BCUT2D eigenvalue weighted by Crippen LogP contribution is -2.50. The number of hydrogen-bond donors (Lipinski definition) is 0. The minimum Gasteiger partial charge on any atom is -0.375 e. The molecular weight excluding hydrogens is 392 g/mol. The van der Waals surface area contributed by atoms with Crippen LogP contribution in [0.4, 0.5) is 5.95 Å². The van der Waals surface area contributed by atoms with Crippen LogP contribution in [0.5, 0.6) is 0 Å². The van der Waals surface area contributed by atoms with Crippen molar-refractivity contribution in [1.29, 1.82) is 0 Å². The highest BCUT2D eigenvalue weighted by atomic mass is 16.5. The summed E-state index contributed by atoms with van der Waals surface area (Å²) in [4.78, 5) is 21.5. The molecule has 164 valence electrons. The number of benzene rings is 1. The van der Waals surface area contributed by atoms with E-state index in [1.807, 2.05) is 4.90 Å². The van der Waals surface area contributed by atoms with Gasteiger partial charge in [0.1, 0.15) is 12.4 Å². The molecule has 1 aliphatic carbocycles. The number of carbonyl (C=O) groups is 1. The molecule has 1 saturated carbocycles. The fourth-order valence-electron chi connectivity index (χ4n) is 4.96. The summed E-state index contributed by atoms with van der Waals surface area (Å²) in [5.41, 5.74) is 3.02. The third-order valence-electron chi connectivity index (χ3n) is 6.65. The van der Waals surface area contributed by atoms with E-state index < -0.39 is 0 Å². The second kappa shape index (κ2) is 8.42. The summed E-state index contributed by atoms with van der Waals surface area (Å²) in [5.74, 6) is 2.41. The molecule has 2 aliphatic rings. The molecule has 8 nitrogen and oxygen atoms in total. The summed E-state index contributed by atoms with van der Waals surface area (Å²) in [6.07, 6.45) is 6.11. The van der Waals surface area contributed by atoms with Gasteiger partial charge in [0.15, 0.2) is 5.65 Å². The molecule has 3 heterocycles. The highest BCUT2D eigenvalue weighted by molar-refractivity contribution is 5.93. The van der Waals surface area contributed by atoms with Gasteiger partial charge in [-0.05, 0) is 31.9 Å². The maximum atomic E-state index is 12.2. The molecule has 1 amide bonds. The number of methoxy groups -OCH3 is 1. The van der Waals surface area contributed by atoms with Gasteiger partial charge in [0.25, 0.3) is 0 Å². The van der Waals surface area contributed by atoms with E-state index >= 15 is 0 Å². The first-order valence-corrected chi connectivity index (χ1v) is 11.3. The van der Waals surface area contributed by atoms with Gasteiger partial charge in [-0.15, -0.1) is 10.2 Å². The molecule has 2 aromatic heterocycles. The van der Waals surface area contributed by atoms with Crippen molar-refractivity contribution in [3.8, 4) is 0 Å². The van der Waals surface area contributed by atoms with Crippen molar-refractivity contribution in [2.75, 3.05) is 44.8 Å². The molecule has 0 atom stereocenters. The number of nitrogens with zero attached hydrogens (tertiary/aromatic N) is 6. The fourth-order valence-corrected chi connectivity index (χ4v) is 4.96. The van der Waals surface area contributed by atoms with E-state index in [1.54, 1.807) is 7.11 Å². The number of anilines is 1. The molecule has 0 spiro atoms. The SMILES string of the molecule is COCC(=O)N1CCN(c2nc3ccc(C)cc3c3nnc(C4CCCCC4)n23)CC1. The minimum atomic E-state index is 0.0430. The molecule has 0 radical (unpaired) electrons. The molecule has 2 fully saturated rings. The first-order chi connectivity index (χ1) is 15.2. The van der Waals surface area contributed by atoms with Crippen molar-refractivity contribution in [1.82, 2.24) is 24.5 Å². The van der Waals surface area contributed by atoms with Crippen LogP contribution in [0.2, 0.25) is 0 Å². The van der Waals surface area contributed by atoms with E-state index in [4.69, 9.17) is 9.72 Å². The number of fused-ring (bicyclic) bond motifs is 3. The van der Waals surface area contributed by atoms with Crippen LogP contribution in [0.3, 0.4) is 0 Å². The van der Waals surface area contributed by atoms with Gasteiger partial charge in [0.2, 0.25) is 11.9 Å². The Hall–Kier alpha value is -2.74. The summed E-state index contributed by atoms with van der Waals surface area (Å²) < 4.78 is 7.22. The van der Waals surface area contributed by atoms with Crippen molar-refractivity contribution in [3.63, 3.8) is 0 Å². The zero-order valence-electron chi connectivity index (χ0n) is 18.4. The second-order valence-electron chi connectivity index (χ2n) is 8.79. The largest absolute Gasteiger partial charge is 0.375 e. The van der Waals surface area contributed by atoms with Gasteiger partial charge in [-0.3, -0.25) is 4.79 Å². The molecule has 31 heavy (non-hydrogen) atoms. The van der Waals surface area contributed by atoms with Crippen molar-refractivity contribution >= 4 is 28.4 Å². The highest BCUT2D eigenvalue weighted by Crippen LogP contribution is 2.35. The molecule has 1 aromatic carbocycles. The predicted molar refractivity (Wildman–Crippen MR) is 120 cm³/mol. The zero-order valence-corrected chi connectivity index (χ0v) is 18.4. The number of hydrogen-bond acceptors (Lipinski definition) is 6. The molecule has 0 unspecified atom stereocenters. The van der Waals surface area contributed by atoms with Crippen LogP contribution in [-0.2, 0) is 9.53 Å². The molecule has 5 rings (SSSR count). The first kappa shape index (κ1) is 20.2. The topological polar surface area (TPSA) is 75.9 Å². The summed E-state index contributed by atoms with van der Waals surface area (Å²) >= 11 is 0. The Morgan fingerprint density at radius 1 is 1.10 bits per heavy atom. The Balaban J connectivity index is 1.56. The fraction of sp³-hybridized carbons (Fsp3) is 0.565. The van der Waals surface area contributed by atoms with E-state index in [9.17, 15) is 4.79 Å². The predicted octanol–water partition coefficient (Wildman–Crippen LogP) is 2.93. The highest BCUT2D eigenvalue weighted by Gasteiger charge is 2.28. The van der Waals surface area contributed by atoms with Gasteiger partial charge in [-0.2, -0.15) is 0 Å². The smallest absolute Gasteiger partial charge is 0.248 e. The molecule has 1 aliphatic heterocycles. The van der Waals surface area contributed by atoms with E-state index in [1.165, 1.54) is 24.8 Å².